The van der Waals surface area contributed by atoms with E-state index in [4.69, 9.17) is 5.11 Å². The van der Waals surface area contributed by atoms with Crippen molar-refractivity contribution < 1.29 is 14.7 Å². The quantitative estimate of drug-likeness (QED) is 0.561. The van der Waals surface area contributed by atoms with Crippen molar-refractivity contribution in [1.29, 1.82) is 0 Å². The third kappa shape index (κ3) is 3.25. The number of rotatable bonds is 5. The zero-order chi connectivity index (χ0) is 18.8. The normalized spacial score (nSPS) is 10.8. The van der Waals surface area contributed by atoms with Gasteiger partial charge in [0, 0.05) is 24.2 Å². The van der Waals surface area contributed by atoms with Gasteiger partial charge >= 0.3 is 5.97 Å². The fraction of sp³-hybridized carbons (Fsp3) is 0.0556. The average Bonchev–Trinajstić information content (AvgIpc) is 3.26. The number of carbonyl (C=O) groups is 2. The lowest BCUT2D eigenvalue weighted by Gasteiger charge is -2.04. The Bertz CT molecular complexity index is 1130. The highest BCUT2D eigenvalue weighted by Gasteiger charge is 2.18. The molecule has 9 nitrogen and oxygen atoms in total. The van der Waals surface area contributed by atoms with Crippen molar-refractivity contribution in [2.75, 3.05) is 5.32 Å². The van der Waals surface area contributed by atoms with Gasteiger partial charge in [0.25, 0.3) is 5.91 Å². The van der Waals surface area contributed by atoms with E-state index in [0.717, 1.165) is 5.56 Å². The molecule has 0 atom stereocenters. The minimum absolute atomic E-state index is 0.306. The summed E-state index contributed by atoms with van der Waals surface area (Å²) in [5, 5.41) is 20.2. The molecule has 0 fully saturated rings. The van der Waals surface area contributed by atoms with E-state index in [1.165, 1.54) is 21.6 Å². The van der Waals surface area contributed by atoms with Crippen molar-refractivity contribution >= 4 is 23.2 Å². The molecule has 2 N–H and O–H groups in total. The maximum absolute atomic E-state index is 12.7. The minimum Gasteiger partial charge on any atom is -0.480 e. The van der Waals surface area contributed by atoms with Gasteiger partial charge in [-0.05, 0) is 6.07 Å². The summed E-state index contributed by atoms with van der Waals surface area (Å²) in [7, 11) is 0. The van der Waals surface area contributed by atoms with Gasteiger partial charge in [0.1, 0.15) is 17.8 Å². The number of carboxylic acid groups (broad SMARTS) is 1. The van der Waals surface area contributed by atoms with Crippen molar-refractivity contribution in [2.24, 2.45) is 0 Å². The van der Waals surface area contributed by atoms with Gasteiger partial charge in [-0.25, -0.2) is 9.50 Å². The van der Waals surface area contributed by atoms with E-state index >= 15 is 0 Å². The topological polar surface area (TPSA) is 114 Å². The molecular formula is C18H14N6O3. The second-order valence-corrected chi connectivity index (χ2v) is 5.75. The number of amides is 1. The molecule has 0 unspecified atom stereocenters. The van der Waals surface area contributed by atoms with Gasteiger partial charge in [-0.15, -0.1) is 0 Å². The second kappa shape index (κ2) is 6.71. The van der Waals surface area contributed by atoms with Crippen molar-refractivity contribution in [3.05, 3.63) is 66.7 Å². The van der Waals surface area contributed by atoms with Crippen molar-refractivity contribution in [1.82, 2.24) is 24.4 Å². The van der Waals surface area contributed by atoms with E-state index in [1.807, 2.05) is 30.3 Å². The van der Waals surface area contributed by atoms with Crippen LogP contribution in [0.4, 0.5) is 5.69 Å². The molecule has 0 spiro atoms. The first kappa shape index (κ1) is 16.5. The summed E-state index contributed by atoms with van der Waals surface area (Å²) in [6.07, 6.45) is 6.20. The summed E-state index contributed by atoms with van der Waals surface area (Å²) in [6, 6.07) is 10.9. The van der Waals surface area contributed by atoms with Crippen LogP contribution in [0.5, 0.6) is 0 Å². The van der Waals surface area contributed by atoms with Gasteiger partial charge in [0.05, 0.1) is 11.9 Å². The molecule has 27 heavy (non-hydrogen) atoms. The van der Waals surface area contributed by atoms with Crippen LogP contribution in [0.2, 0.25) is 0 Å². The molecule has 134 valence electrons. The largest absolute Gasteiger partial charge is 0.480 e. The van der Waals surface area contributed by atoms with Crippen LogP contribution in [0, 0.1) is 0 Å². The Morgan fingerprint density at radius 1 is 1.15 bits per heavy atom. The number of anilines is 1. The Balaban J connectivity index is 1.71. The van der Waals surface area contributed by atoms with E-state index in [9.17, 15) is 9.59 Å². The first-order chi connectivity index (χ1) is 13.1. The van der Waals surface area contributed by atoms with Gasteiger partial charge in [-0.2, -0.15) is 10.2 Å². The van der Waals surface area contributed by atoms with Crippen LogP contribution < -0.4 is 5.32 Å². The molecule has 4 rings (SSSR count). The Kier molecular flexibility index (Phi) is 4.09. The first-order valence-electron chi connectivity index (χ1n) is 8.06. The Morgan fingerprint density at radius 2 is 1.96 bits per heavy atom. The zero-order valence-corrected chi connectivity index (χ0v) is 14.0. The summed E-state index contributed by atoms with van der Waals surface area (Å²) in [4.78, 5) is 27.9. The van der Waals surface area contributed by atoms with Gasteiger partial charge in [-0.1, -0.05) is 30.3 Å². The monoisotopic (exact) mass is 362 g/mol. The van der Waals surface area contributed by atoms with Crippen LogP contribution in [-0.2, 0) is 11.3 Å². The van der Waals surface area contributed by atoms with E-state index in [-0.39, 0.29) is 6.54 Å². The standard InChI is InChI=1S/C18H14N6O3/c25-15(26)11-23-10-14(16(22-23)12-5-2-1-3-6-12)21-18(27)13-9-20-24-8-4-7-19-17(13)24/h1-10H,11H2,(H,21,27)(H,25,26). The molecule has 0 radical (unpaired) electrons. The number of aromatic nitrogens is 5. The van der Waals surface area contributed by atoms with Crippen LogP contribution in [0.15, 0.2) is 61.2 Å². The van der Waals surface area contributed by atoms with Gasteiger partial charge in [0.15, 0.2) is 5.65 Å². The number of hydrogen-bond acceptors (Lipinski definition) is 5. The zero-order valence-electron chi connectivity index (χ0n) is 14.0. The van der Waals surface area contributed by atoms with Crippen molar-refractivity contribution in [2.45, 2.75) is 6.54 Å². The molecule has 9 heteroatoms. The number of aliphatic carboxylic acids is 1. The summed E-state index contributed by atoms with van der Waals surface area (Å²) >= 11 is 0. The molecular weight excluding hydrogens is 348 g/mol. The molecule has 4 aromatic rings. The first-order valence-corrected chi connectivity index (χ1v) is 8.06. The Morgan fingerprint density at radius 3 is 2.74 bits per heavy atom. The minimum atomic E-state index is -1.03. The SMILES string of the molecule is O=C(O)Cn1cc(NC(=O)c2cnn3cccnc23)c(-c2ccccc2)n1. The second-order valence-electron chi connectivity index (χ2n) is 5.75. The lowest BCUT2D eigenvalue weighted by atomic mass is 10.1. The van der Waals surface area contributed by atoms with E-state index in [0.29, 0.717) is 22.6 Å². The maximum Gasteiger partial charge on any atom is 0.325 e. The summed E-state index contributed by atoms with van der Waals surface area (Å²) in [5.41, 5.74) is 2.38. The molecule has 0 saturated heterocycles. The van der Waals surface area contributed by atoms with Crippen LogP contribution in [0.3, 0.4) is 0 Å². The lowest BCUT2D eigenvalue weighted by molar-refractivity contribution is -0.137. The molecule has 0 aliphatic carbocycles. The van der Waals surface area contributed by atoms with Crippen LogP contribution in [0.25, 0.3) is 16.9 Å². The number of hydrogen-bond donors (Lipinski definition) is 2. The Labute approximate surface area is 152 Å². The number of nitrogens with one attached hydrogen (secondary N) is 1. The summed E-state index contributed by atoms with van der Waals surface area (Å²) in [5.74, 6) is -1.43. The van der Waals surface area contributed by atoms with Gasteiger partial charge in [0.2, 0.25) is 0 Å². The highest BCUT2D eigenvalue weighted by Crippen LogP contribution is 2.27. The van der Waals surface area contributed by atoms with E-state index in [2.05, 4.69) is 20.5 Å². The van der Waals surface area contributed by atoms with Crippen LogP contribution in [0.1, 0.15) is 10.4 Å². The molecule has 1 amide bonds. The number of fused-ring (bicyclic) bond motifs is 1. The molecule has 0 bridgehead atoms. The van der Waals surface area contributed by atoms with Gasteiger partial charge < -0.3 is 10.4 Å². The average molecular weight is 362 g/mol. The lowest BCUT2D eigenvalue weighted by Crippen LogP contribution is -2.12. The molecule has 0 saturated carbocycles. The Hall–Kier alpha value is -4.01. The smallest absolute Gasteiger partial charge is 0.325 e. The molecule has 0 aliphatic rings. The predicted octanol–water partition coefficient (Wildman–Crippen LogP) is 1.93. The van der Waals surface area contributed by atoms with Gasteiger partial charge in [-0.3, -0.25) is 14.3 Å². The number of carbonyl (C=O) groups excluding carboxylic acids is 1. The van der Waals surface area contributed by atoms with Crippen molar-refractivity contribution in [3.8, 4) is 11.3 Å². The van der Waals surface area contributed by atoms with Crippen LogP contribution >= 0.6 is 0 Å². The third-order valence-corrected chi connectivity index (χ3v) is 3.88. The fourth-order valence-corrected chi connectivity index (χ4v) is 2.72. The van der Waals surface area contributed by atoms with Crippen LogP contribution in [-0.4, -0.2) is 41.4 Å². The number of benzene rings is 1. The fourth-order valence-electron chi connectivity index (χ4n) is 2.72. The predicted molar refractivity (Wildman–Crippen MR) is 96.2 cm³/mol. The highest BCUT2D eigenvalue weighted by atomic mass is 16.4. The highest BCUT2D eigenvalue weighted by molar-refractivity contribution is 6.09. The van der Waals surface area contributed by atoms with Crippen molar-refractivity contribution in [3.63, 3.8) is 0 Å². The molecule has 1 aromatic carbocycles. The number of nitrogens with zero attached hydrogens (tertiary/aromatic N) is 5. The number of carboxylic acids is 1. The van der Waals surface area contributed by atoms with E-state index < -0.39 is 11.9 Å². The summed E-state index contributed by atoms with van der Waals surface area (Å²) in [6.45, 7) is -0.312. The molecule has 3 heterocycles. The van der Waals surface area contributed by atoms with E-state index in [1.54, 1.807) is 18.5 Å². The molecule has 3 aromatic heterocycles. The third-order valence-electron chi connectivity index (χ3n) is 3.88. The molecule has 0 aliphatic heterocycles. The maximum atomic E-state index is 12.7. The summed E-state index contributed by atoms with van der Waals surface area (Å²) < 4.78 is 2.77.